The summed E-state index contributed by atoms with van der Waals surface area (Å²) in [5.74, 6) is 2.16. The average Bonchev–Trinajstić information content (AvgIpc) is 2.31. The number of halogens is 1. The molecule has 4 heteroatoms. The smallest absolute Gasteiger partial charge is 0.176 e. The molecule has 1 aromatic rings. The molecule has 0 aliphatic carbocycles. The van der Waals surface area contributed by atoms with E-state index in [0.29, 0.717) is 22.1 Å². The van der Waals surface area contributed by atoms with Gasteiger partial charge in [0.1, 0.15) is 5.75 Å². The molecule has 100 valence electrons. The fraction of sp³-hybridized carbons (Fsp3) is 0.500. The predicted molar refractivity (Wildman–Crippen MR) is 79.2 cm³/mol. The van der Waals surface area contributed by atoms with Gasteiger partial charge < -0.3 is 4.74 Å². The lowest BCUT2D eigenvalue weighted by atomic mass is 10.1. The molecule has 1 aromatic carbocycles. The normalized spacial score (nSPS) is 10.7. The predicted octanol–water partition coefficient (Wildman–Crippen LogP) is 4.45. The van der Waals surface area contributed by atoms with Gasteiger partial charge >= 0.3 is 0 Å². The van der Waals surface area contributed by atoms with Gasteiger partial charge in [-0.15, -0.1) is 0 Å². The van der Waals surface area contributed by atoms with Crippen molar-refractivity contribution in [3.05, 3.63) is 28.8 Å². The van der Waals surface area contributed by atoms with Gasteiger partial charge in [0.25, 0.3) is 0 Å². The third-order valence-electron chi connectivity index (χ3n) is 2.19. The van der Waals surface area contributed by atoms with Crippen LogP contribution in [0.25, 0.3) is 0 Å². The largest absolute Gasteiger partial charge is 0.490 e. The number of Topliss-reactive ketones (excluding diaryl/α,β-unsaturated/α-hetero) is 1. The number of carbonyl (C=O) groups excluding carboxylic acids is 1. The second-order valence-electron chi connectivity index (χ2n) is 4.28. The molecule has 0 bridgehead atoms. The Morgan fingerprint density at radius 3 is 2.78 bits per heavy atom. The molecule has 2 nitrogen and oxygen atoms in total. The third-order valence-corrected chi connectivity index (χ3v) is 3.58. The van der Waals surface area contributed by atoms with E-state index in [1.165, 1.54) is 0 Å². The van der Waals surface area contributed by atoms with Crippen LogP contribution in [0.15, 0.2) is 18.2 Å². The molecule has 18 heavy (non-hydrogen) atoms. The van der Waals surface area contributed by atoms with Crippen LogP contribution in [-0.4, -0.2) is 23.4 Å². The van der Waals surface area contributed by atoms with Crippen molar-refractivity contribution in [3.8, 4) is 5.75 Å². The average molecular weight is 287 g/mol. The van der Waals surface area contributed by atoms with Gasteiger partial charge in [0.2, 0.25) is 0 Å². The van der Waals surface area contributed by atoms with Gasteiger partial charge in [-0.1, -0.05) is 18.5 Å². The number of carbonyl (C=O) groups is 1. The lowest BCUT2D eigenvalue weighted by molar-refractivity contribution is 0.101. The van der Waals surface area contributed by atoms with Gasteiger partial charge in [0.15, 0.2) is 5.78 Å². The summed E-state index contributed by atoms with van der Waals surface area (Å²) in [4.78, 5) is 12.1. The fourth-order valence-corrected chi connectivity index (χ4v) is 2.41. The van der Waals surface area contributed by atoms with E-state index in [1.807, 2.05) is 13.8 Å². The zero-order chi connectivity index (χ0) is 13.5. The van der Waals surface area contributed by atoms with E-state index >= 15 is 0 Å². The molecule has 0 saturated heterocycles. The highest BCUT2D eigenvalue weighted by Gasteiger charge is 2.14. The van der Waals surface area contributed by atoms with Gasteiger partial charge in [-0.25, -0.2) is 0 Å². The highest BCUT2D eigenvalue weighted by molar-refractivity contribution is 7.99. The Morgan fingerprint density at radius 2 is 2.17 bits per heavy atom. The van der Waals surface area contributed by atoms with Crippen molar-refractivity contribution in [3.63, 3.8) is 0 Å². The summed E-state index contributed by atoms with van der Waals surface area (Å²) in [6, 6.07) is 5.20. The minimum atomic E-state index is 0.0426. The molecule has 0 aliphatic rings. The maximum Gasteiger partial charge on any atom is 0.176 e. The van der Waals surface area contributed by atoms with Crippen molar-refractivity contribution < 1.29 is 9.53 Å². The molecule has 0 spiro atoms. The second kappa shape index (κ2) is 7.70. The standard InChI is InChI=1S/C14H19ClO2S/c1-4-7-18-9-13(16)12-8-11(15)5-6-14(12)17-10(2)3/h5-6,8,10H,4,7,9H2,1-3H3. The van der Waals surface area contributed by atoms with E-state index in [0.717, 1.165) is 12.2 Å². The van der Waals surface area contributed by atoms with Crippen LogP contribution in [0.4, 0.5) is 0 Å². The van der Waals surface area contributed by atoms with E-state index in [1.54, 1.807) is 30.0 Å². The summed E-state index contributed by atoms with van der Waals surface area (Å²) in [7, 11) is 0. The number of ketones is 1. The van der Waals surface area contributed by atoms with Crippen LogP contribution in [0.2, 0.25) is 5.02 Å². The van der Waals surface area contributed by atoms with Crippen molar-refractivity contribution in [1.82, 2.24) is 0 Å². The summed E-state index contributed by atoms with van der Waals surface area (Å²) in [5.41, 5.74) is 0.583. The van der Waals surface area contributed by atoms with E-state index in [9.17, 15) is 4.79 Å². The Labute approximate surface area is 118 Å². The molecule has 0 heterocycles. The van der Waals surface area contributed by atoms with Crippen LogP contribution >= 0.6 is 23.4 Å². The van der Waals surface area contributed by atoms with Crippen LogP contribution < -0.4 is 4.74 Å². The third kappa shape index (κ3) is 4.91. The molecule has 1 rings (SSSR count). The lowest BCUT2D eigenvalue weighted by Gasteiger charge is -2.13. The first-order chi connectivity index (χ1) is 8.54. The maximum atomic E-state index is 12.1. The van der Waals surface area contributed by atoms with E-state index < -0.39 is 0 Å². The summed E-state index contributed by atoms with van der Waals surface area (Å²) >= 11 is 7.59. The minimum Gasteiger partial charge on any atom is -0.490 e. The summed E-state index contributed by atoms with van der Waals surface area (Å²) in [5, 5.41) is 0.565. The van der Waals surface area contributed by atoms with Crippen molar-refractivity contribution in [1.29, 1.82) is 0 Å². The topological polar surface area (TPSA) is 26.3 Å². The van der Waals surface area contributed by atoms with Gasteiger partial charge in [0.05, 0.1) is 17.4 Å². The highest BCUT2D eigenvalue weighted by atomic mass is 35.5. The highest BCUT2D eigenvalue weighted by Crippen LogP contribution is 2.25. The van der Waals surface area contributed by atoms with Crippen LogP contribution in [0.5, 0.6) is 5.75 Å². The Balaban J connectivity index is 2.83. The molecular formula is C14H19ClO2S. The molecule has 0 aliphatic heterocycles. The Hall–Kier alpha value is -0.670. The molecule has 0 fully saturated rings. The first kappa shape index (κ1) is 15.4. The Kier molecular flexibility index (Phi) is 6.58. The number of hydrogen-bond donors (Lipinski definition) is 0. The van der Waals surface area contributed by atoms with Crippen molar-refractivity contribution in [2.75, 3.05) is 11.5 Å². The molecule has 0 amide bonds. The number of ether oxygens (including phenoxy) is 1. The molecule has 0 atom stereocenters. The minimum absolute atomic E-state index is 0.0426. The zero-order valence-corrected chi connectivity index (χ0v) is 12.6. The SMILES string of the molecule is CCCSCC(=O)c1cc(Cl)ccc1OC(C)C. The summed E-state index contributed by atoms with van der Waals surface area (Å²) in [6.07, 6.45) is 1.11. The van der Waals surface area contributed by atoms with Gasteiger partial charge in [0, 0.05) is 5.02 Å². The van der Waals surface area contributed by atoms with Gasteiger partial charge in [-0.3, -0.25) is 4.79 Å². The Morgan fingerprint density at radius 1 is 1.44 bits per heavy atom. The van der Waals surface area contributed by atoms with E-state index in [4.69, 9.17) is 16.3 Å². The maximum absolute atomic E-state index is 12.1. The fourth-order valence-electron chi connectivity index (χ4n) is 1.46. The van der Waals surface area contributed by atoms with Crippen LogP contribution in [0.3, 0.4) is 0 Å². The molecule has 0 N–H and O–H groups in total. The van der Waals surface area contributed by atoms with Gasteiger partial charge in [-0.2, -0.15) is 11.8 Å². The molecule has 0 saturated carbocycles. The number of thioether (sulfide) groups is 1. The summed E-state index contributed by atoms with van der Waals surface area (Å²) in [6.45, 7) is 5.98. The molecule has 0 radical (unpaired) electrons. The monoisotopic (exact) mass is 286 g/mol. The second-order valence-corrected chi connectivity index (χ2v) is 5.82. The van der Waals surface area contributed by atoms with Crippen LogP contribution in [0.1, 0.15) is 37.6 Å². The Bertz CT molecular complexity index is 405. The quantitative estimate of drug-likeness (QED) is 0.547. The number of rotatable bonds is 7. The van der Waals surface area contributed by atoms with E-state index in [2.05, 4.69) is 6.92 Å². The van der Waals surface area contributed by atoms with Crippen molar-refractivity contribution >= 4 is 29.1 Å². The lowest BCUT2D eigenvalue weighted by Crippen LogP contribution is -2.11. The first-order valence-corrected chi connectivity index (χ1v) is 7.65. The van der Waals surface area contributed by atoms with Crippen LogP contribution in [-0.2, 0) is 0 Å². The van der Waals surface area contributed by atoms with Crippen molar-refractivity contribution in [2.24, 2.45) is 0 Å². The zero-order valence-electron chi connectivity index (χ0n) is 11.0. The van der Waals surface area contributed by atoms with E-state index in [-0.39, 0.29) is 11.9 Å². The van der Waals surface area contributed by atoms with Crippen molar-refractivity contribution in [2.45, 2.75) is 33.3 Å². The van der Waals surface area contributed by atoms with Crippen LogP contribution in [0, 0.1) is 0 Å². The first-order valence-electron chi connectivity index (χ1n) is 6.11. The molecule has 0 unspecified atom stereocenters. The summed E-state index contributed by atoms with van der Waals surface area (Å²) < 4.78 is 5.64. The molecule has 0 aromatic heterocycles. The van der Waals surface area contributed by atoms with Gasteiger partial charge in [-0.05, 0) is 44.2 Å². The molecular weight excluding hydrogens is 268 g/mol. The number of hydrogen-bond acceptors (Lipinski definition) is 3. The number of benzene rings is 1.